The Balaban J connectivity index is -0.000000244. The smallest absolute Gasteiger partial charge is 0.742 e. The summed E-state index contributed by atoms with van der Waals surface area (Å²) in [6.45, 7) is 14.5. The first-order valence-electron chi connectivity index (χ1n) is 19.9. The molecule has 1 N–H and O–H groups in total. The van der Waals surface area contributed by atoms with Crippen LogP contribution in [-0.4, -0.2) is 217 Å². The van der Waals surface area contributed by atoms with E-state index in [1.807, 2.05) is 6.92 Å². The first kappa shape index (κ1) is 74.3. The van der Waals surface area contributed by atoms with E-state index in [2.05, 4.69) is 12.6 Å². The quantitative estimate of drug-likeness (QED) is 0.0285. The molecule has 0 atom stereocenters. The summed E-state index contributed by atoms with van der Waals surface area (Å²) in [4.78, 5) is 19.9. The van der Waals surface area contributed by atoms with Crippen LogP contribution in [0.25, 0.3) is 0 Å². The predicted molar refractivity (Wildman–Crippen MR) is 246 cm³/mol. The van der Waals surface area contributed by atoms with E-state index < -0.39 is 19.2 Å². The monoisotopic (exact) mass is 1060 g/mol. The summed E-state index contributed by atoms with van der Waals surface area (Å²) >= 11 is 5.26. The minimum atomic E-state index is -3.71. The van der Waals surface area contributed by atoms with Crippen molar-refractivity contribution in [2.75, 3.05) is 185 Å². The summed E-state index contributed by atoms with van der Waals surface area (Å²) in [6.07, 6.45) is 0. The van der Waals surface area contributed by atoms with Gasteiger partial charge in [-0.15, -0.1) is 0 Å². The van der Waals surface area contributed by atoms with Gasteiger partial charge in [0.25, 0.3) is 10.1 Å². The van der Waals surface area contributed by atoms with Gasteiger partial charge < -0.3 is 79.4 Å². The Morgan fingerprint density at radius 3 is 1.18 bits per heavy atom. The summed E-state index contributed by atoms with van der Waals surface area (Å²) in [5, 5.41) is 8.20. The maximum atomic E-state index is 11.8. The fraction of sp³-hybridized carbons (Fsp3) is 0.795. The maximum Gasteiger partial charge on any atom is 1.00 e. The third-order valence-corrected chi connectivity index (χ3v) is 9.45. The van der Waals surface area contributed by atoms with Crippen molar-refractivity contribution >= 4 is 64.5 Å². The fourth-order valence-electron chi connectivity index (χ4n) is 3.30. The first-order valence-corrected chi connectivity index (χ1v) is 25.2. The van der Waals surface area contributed by atoms with E-state index in [9.17, 15) is 26.4 Å². The molecule has 0 amide bonds. The topological polar surface area (TPSA) is 243 Å². The van der Waals surface area contributed by atoms with E-state index in [1.54, 1.807) is 47.5 Å². The van der Waals surface area contributed by atoms with Crippen molar-refractivity contribution in [1.29, 1.82) is 0 Å². The van der Waals surface area contributed by atoms with Crippen LogP contribution in [0.4, 0.5) is 0 Å². The van der Waals surface area contributed by atoms with E-state index in [0.29, 0.717) is 125 Å². The van der Waals surface area contributed by atoms with Gasteiger partial charge in [0, 0.05) is 56.9 Å². The average molecular weight is 1070 g/mol. The molecule has 0 aliphatic heterocycles. The molecule has 382 valence electrons. The second-order valence-electron chi connectivity index (χ2n) is 11.8. The van der Waals surface area contributed by atoms with Gasteiger partial charge in [-0.05, 0) is 26.0 Å². The Hall–Kier alpha value is 0.396. The SMILES string of the molecule is CC(=O)[S-].COCCOCCOCCO.COCCOCCOCCOS(=O)(=O)c1ccc(C)cc1.COCCOCCOCCS(=O)(=O)Cl.COCCOCCOCCSC(C)=O.[K+]. The second-order valence-corrected chi connectivity index (χ2v) is 18.1. The zero-order chi connectivity index (χ0) is 49.0. The Labute approximate surface area is 445 Å². The van der Waals surface area contributed by atoms with Gasteiger partial charge in [0.15, 0.2) is 5.12 Å². The molecule has 1 aromatic rings. The summed E-state index contributed by atoms with van der Waals surface area (Å²) < 4.78 is 109. The van der Waals surface area contributed by atoms with Crippen molar-refractivity contribution in [3.8, 4) is 0 Å². The van der Waals surface area contributed by atoms with E-state index in [4.69, 9.17) is 76.8 Å². The van der Waals surface area contributed by atoms with Gasteiger partial charge in [0.1, 0.15) is 0 Å². The summed E-state index contributed by atoms with van der Waals surface area (Å²) in [7, 11) is 4.27. The molecular weight excluding hydrogens is 991 g/mol. The molecule has 0 heterocycles. The fourth-order valence-corrected chi connectivity index (χ4v) is 5.19. The van der Waals surface area contributed by atoms with E-state index in [1.165, 1.54) is 30.8 Å². The van der Waals surface area contributed by atoms with Crippen LogP contribution in [0.2, 0.25) is 0 Å². The Morgan fingerprint density at radius 1 is 0.554 bits per heavy atom. The van der Waals surface area contributed by atoms with Crippen molar-refractivity contribution < 1.29 is 144 Å². The number of benzene rings is 1. The molecule has 26 heteroatoms. The number of aliphatic hydroxyl groups excluding tert-OH is 1. The van der Waals surface area contributed by atoms with E-state index >= 15 is 0 Å². The van der Waals surface area contributed by atoms with Gasteiger partial charge in [-0.2, -0.15) is 8.42 Å². The second kappa shape index (κ2) is 58.7. The number of halogens is 1. The molecule has 0 spiro atoms. The molecule has 0 aromatic heterocycles. The third kappa shape index (κ3) is 73.5. The van der Waals surface area contributed by atoms with Gasteiger partial charge >= 0.3 is 51.4 Å². The standard InChI is InChI=1S/C14H22O6S.C9H18O4S.C7H15ClO5S.C7H16O4.C2H4OS.K/c1-13-3-5-14(6-4-13)21(15,16)20-12-11-19-10-9-18-8-7-17-2;1-9(10)14-8-7-13-6-5-12-4-3-11-2;1-11-2-3-12-4-5-13-6-7-14(8,9)10;1-9-4-5-11-7-6-10-3-2-8;1-2(3)4;/h3-6H,7-12H2,1-2H3;3-8H2,1-2H3;2-7H2,1H3;8H,2-7H2,1H3;1H3,(H,3,4);/q;;;;;+1/p-1. The van der Waals surface area contributed by atoms with Gasteiger partial charge in [-0.25, -0.2) is 8.42 Å². The largest absolute Gasteiger partial charge is 1.00 e. The molecule has 20 nitrogen and oxygen atoms in total. The van der Waals surface area contributed by atoms with E-state index in [-0.39, 0.29) is 98.7 Å². The zero-order valence-electron chi connectivity index (χ0n) is 39.5. The van der Waals surface area contributed by atoms with E-state index in [0.717, 1.165) is 5.56 Å². The van der Waals surface area contributed by atoms with Crippen molar-refractivity contribution in [3.05, 3.63) is 29.8 Å². The van der Waals surface area contributed by atoms with Crippen LogP contribution in [0.15, 0.2) is 29.2 Å². The predicted octanol–water partition coefficient (Wildman–Crippen LogP) is -0.698. The van der Waals surface area contributed by atoms with Crippen LogP contribution in [0, 0.1) is 6.92 Å². The molecular formula is C39H74ClKO20S4. The number of carbonyl (C=O) groups is 2. The third-order valence-electron chi connectivity index (χ3n) is 6.23. The first-order chi connectivity index (χ1) is 30.5. The molecule has 1 aromatic carbocycles. The summed E-state index contributed by atoms with van der Waals surface area (Å²) in [5.74, 6) is 0.542. The Morgan fingerprint density at radius 2 is 0.862 bits per heavy atom. The van der Waals surface area contributed by atoms with Crippen LogP contribution >= 0.6 is 22.4 Å². The molecule has 0 unspecified atom stereocenters. The molecule has 1 rings (SSSR count). The van der Waals surface area contributed by atoms with Crippen molar-refractivity contribution in [2.24, 2.45) is 0 Å². The van der Waals surface area contributed by atoms with Crippen LogP contribution in [0.1, 0.15) is 19.4 Å². The van der Waals surface area contributed by atoms with Crippen molar-refractivity contribution in [3.63, 3.8) is 0 Å². The number of carbonyl (C=O) groups excluding carboxylic acids is 2. The van der Waals surface area contributed by atoms with Crippen LogP contribution in [0.3, 0.4) is 0 Å². The number of hydrogen-bond acceptors (Lipinski definition) is 22. The van der Waals surface area contributed by atoms with Crippen LogP contribution in [-0.2, 0) is 102 Å². The van der Waals surface area contributed by atoms with Gasteiger partial charge in [-0.3, -0.25) is 8.98 Å². The Bertz CT molecular complexity index is 1340. The molecule has 0 radical (unpaired) electrons. The number of methoxy groups -OCH3 is 4. The zero-order valence-corrected chi connectivity index (χ0v) is 46.6. The maximum absolute atomic E-state index is 11.8. The average Bonchev–Trinajstić information content (AvgIpc) is 3.23. The number of rotatable bonds is 37. The number of aryl methyl sites for hydroxylation is 1. The van der Waals surface area contributed by atoms with Crippen LogP contribution < -0.4 is 51.4 Å². The van der Waals surface area contributed by atoms with Crippen LogP contribution in [0.5, 0.6) is 0 Å². The molecule has 0 saturated carbocycles. The molecule has 0 bridgehead atoms. The number of ether oxygens (including phenoxy) is 12. The summed E-state index contributed by atoms with van der Waals surface area (Å²) in [6, 6.07) is 6.50. The molecule has 0 fully saturated rings. The minimum Gasteiger partial charge on any atom is -0.742 e. The minimum absolute atomic E-state index is 0. The molecule has 0 aliphatic rings. The van der Waals surface area contributed by atoms with Gasteiger partial charge in [0.05, 0.1) is 156 Å². The number of thioether (sulfide) groups is 1. The number of hydrogen-bond donors (Lipinski definition) is 1. The molecule has 0 saturated heterocycles. The molecule has 65 heavy (non-hydrogen) atoms. The van der Waals surface area contributed by atoms with Crippen molar-refractivity contribution in [2.45, 2.75) is 25.7 Å². The summed E-state index contributed by atoms with van der Waals surface area (Å²) in [5.41, 5.74) is 0.991. The van der Waals surface area contributed by atoms with Gasteiger partial charge in [0.2, 0.25) is 9.05 Å². The van der Waals surface area contributed by atoms with Crippen molar-refractivity contribution in [1.82, 2.24) is 0 Å². The van der Waals surface area contributed by atoms with Gasteiger partial charge in [-0.1, -0.05) is 29.5 Å². The number of aliphatic hydroxyl groups is 1. The normalized spacial score (nSPS) is 10.7. The Kier molecular flexibility index (Phi) is 67.1. The molecule has 0 aliphatic carbocycles.